The van der Waals surface area contributed by atoms with Gasteiger partial charge >= 0.3 is 0 Å². The summed E-state index contributed by atoms with van der Waals surface area (Å²) in [5, 5.41) is 2.57. The molecule has 2 aromatic rings. The molecule has 0 aliphatic heterocycles. The number of hydrogen-bond donors (Lipinski definition) is 1. The van der Waals surface area contributed by atoms with Gasteiger partial charge in [-0.1, -0.05) is 0 Å². The second-order valence-electron chi connectivity index (χ2n) is 3.81. The molecule has 5 heteroatoms. The van der Waals surface area contributed by atoms with Crippen LogP contribution in [0.25, 0.3) is 0 Å². The fourth-order valence-corrected chi connectivity index (χ4v) is 1.94. The molecular weight excluding hydrogens is 262 g/mol. The Morgan fingerprint density at radius 3 is 2.53 bits per heavy atom. The second-order valence-corrected chi connectivity index (χ2v) is 4.69. The maximum Gasteiger partial charge on any atom is 0.251 e. The van der Waals surface area contributed by atoms with Gasteiger partial charge in [0.25, 0.3) is 5.91 Å². The topological polar surface area (TPSA) is 59.3 Å². The van der Waals surface area contributed by atoms with E-state index in [1.165, 1.54) is 6.26 Å². The van der Waals surface area contributed by atoms with E-state index >= 15 is 0 Å². The molecule has 0 unspecified atom stereocenters. The molecule has 1 amide bonds. The van der Waals surface area contributed by atoms with Crippen LogP contribution in [0.3, 0.4) is 0 Å². The van der Waals surface area contributed by atoms with Crippen molar-refractivity contribution in [3.8, 4) is 0 Å². The van der Waals surface area contributed by atoms with E-state index in [4.69, 9.17) is 4.42 Å². The third-order valence-corrected chi connectivity index (χ3v) is 3.30. The van der Waals surface area contributed by atoms with Gasteiger partial charge in [0.15, 0.2) is 5.76 Å². The first-order valence-electron chi connectivity index (χ1n) is 5.69. The number of amides is 1. The molecule has 0 atom stereocenters. The highest BCUT2D eigenvalue weighted by Gasteiger charge is 2.11. The average Bonchev–Trinajstić information content (AvgIpc) is 2.98. The fraction of sp³-hybridized carbons (Fsp3) is 0.143. The number of furan rings is 1. The maximum atomic E-state index is 11.8. The Morgan fingerprint density at radius 2 is 1.95 bits per heavy atom. The van der Waals surface area contributed by atoms with Crippen LogP contribution in [0.1, 0.15) is 20.9 Å². The highest BCUT2D eigenvalue weighted by molar-refractivity contribution is 7.98. The number of benzene rings is 1. The lowest BCUT2D eigenvalue weighted by Crippen LogP contribution is -2.29. The lowest BCUT2D eigenvalue weighted by Gasteiger charge is -2.04. The molecule has 19 heavy (non-hydrogen) atoms. The van der Waals surface area contributed by atoms with Crippen molar-refractivity contribution in [3.63, 3.8) is 0 Å². The highest BCUT2D eigenvalue weighted by atomic mass is 32.2. The minimum absolute atomic E-state index is 0.0728. The molecule has 1 heterocycles. The minimum atomic E-state index is -0.271. The average molecular weight is 275 g/mol. The number of carbonyl (C=O) groups excluding carboxylic acids is 2. The summed E-state index contributed by atoms with van der Waals surface area (Å²) in [6, 6.07) is 10.4. The predicted octanol–water partition coefficient (Wildman–Crippen LogP) is 2.61. The summed E-state index contributed by atoms with van der Waals surface area (Å²) in [7, 11) is 0. The summed E-state index contributed by atoms with van der Waals surface area (Å²) in [5.41, 5.74) is 0.532. The lowest BCUT2D eigenvalue weighted by atomic mass is 10.2. The van der Waals surface area contributed by atoms with E-state index in [0.29, 0.717) is 5.56 Å². The van der Waals surface area contributed by atoms with Crippen molar-refractivity contribution in [1.82, 2.24) is 5.32 Å². The normalized spacial score (nSPS) is 10.2. The highest BCUT2D eigenvalue weighted by Crippen LogP contribution is 2.14. The van der Waals surface area contributed by atoms with Crippen LogP contribution in [0.4, 0.5) is 0 Å². The van der Waals surface area contributed by atoms with Gasteiger partial charge in [0, 0.05) is 10.5 Å². The minimum Gasteiger partial charge on any atom is -0.461 e. The van der Waals surface area contributed by atoms with Gasteiger partial charge in [0.05, 0.1) is 12.8 Å². The monoisotopic (exact) mass is 275 g/mol. The number of ketones is 1. The van der Waals surface area contributed by atoms with E-state index in [9.17, 15) is 9.59 Å². The maximum absolute atomic E-state index is 11.8. The van der Waals surface area contributed by atoms with Crippen molar-refractivity contribution >= 4 is 23.5 Å². The zero-order valence-corrected chi connectivity index (χ0v) is 11.2. The molecule has 98 valence electrons. The Balaban J connectivity index is 1.92. The van der Waals surface area contributed by atoms with E-state index in [-0.39, 0.29) is 24.0 Å². The van der Waals surface area contributed by atoms with Gasteiger partial charge in [-0.3, -0.25) is 9.59 Å². The van der Waals surface area contributed by atoms with Crippen molar-refractivity contribution in [1.29, 1.82) is 0 Å². The number of rotatable bonds is 5. The third kappa shape index (κ3) is 3.48. The van der Waals surface area contributed by atoms with Crippen LogP contribution in [0.15, 0.2) is 52.0 Å². The second kappa shape index (κ2) is 6.24. The molecule has 0 bridgehead atoms. The number of thioether (sulfide) groups is 1. The molecule has 2 rings (SSSR count). The molecule has 1 N–H and O–H groups in total. The van der Waals surface area contributed by atoms with Crippen LogP contribution >= 0.6 is 11.8 Å². The quantitative estimate of drug-likeness (QED) is 0.673. The largest absolute Gasteiger partial charge is 0.461 e. The number of Topliss-reactive ketones (excluding diaryl/α,β-unsaturated/α-hetero) is 1. The van der Waals surface area contributed by atoms with Crippen molar-refractivity contribution in [3.05, 3.63) is 54.0 Å². The Hall–Kier alpha value is -2.01. The first-order chi connectivity index (χ1) is 9.20. The third-order valence-electron chi connectivity index (χ3n) is 2.56. The molecule has 0 spiro atoms. The van der Waals surface area contributed by atoms with Gasteiger partial charge in [0.2, 0.25) is 5.78 Å². The SMILES string of the molecule is CSc1ccc(C(=O)NCC(=O)c2ccco2)cc1. The van der Waals surface area contributed by atoms with Gasteiger partial charge in [-0.05, 0) is 42.7 Å². The van der Waals surface area contributed by atoms with Crippen LogP contribution in [-0.4, -0.2) is 24.5 Å². The standard InChI is InChI=1S/C14H13NO3S/c1-19-11-6-4-10(5-7-11)14(17)15-9-12(16)13-3-2-8-18-13/h2-8H,9H2,1H3,(H,15,17). The smallest absolute Gasteiger partial charge is 0.251 e. The molecular formula is C14H13NO3S. The lowest BCUT2D eigenvalue weighted by molar-refractivity contribution is 0.0892. The van der Waals surface area contributed by atoms with Crippen LogP contribution in [0, 0.1) is 0 Å². The molecule has 0 saturated heterocycles. The molecule has 0 aliphatic rings. The summed E-state index contributed by atoms with van der Waals surface area (Å²) in [6.07, 6.45) is 3.40. The Morgan fingerprint density at radius 1 is 1.21 bits per heavy atom. The first kappa shape index (κ1) is 13.4. The summed E-state index contributed by atoms with van der Waals surface area (Å²) in [4.78, 5) is 24.5. The van der Waals surface area contributed by atoms with Gasteiger partial charge in [0.1, 0.15) is 0 Å². The fourth-order valence-electron chi connectivity index (χ4n) is 1.53. The van der Waals surface area contributed by atoms with Crippen molar-refractivity contribution in [2.75, 3.05) is 12.8 Å². The van der Waals surface area contributed by atoms with Crippen LogP contribution in [0.5, 0.6) is 0 Å². The van der Waals surface area contributed by atoms with Crippen molar-refractivity contribution in [2.24, 2.45) is 0 Å². The van der Waals surface area contributed by atoms with Crippen molar-refractivity contribution in [2.45, 2.75) is 4.90 Å². The van der Waals surface area contributed by atoms with Gasteiger partial charge in [-0.2, -0.15) is 0 Å². The molecule has 0 saturated carbocycles. The molecule has 4 nitrogen and oxygen atoms in total. The molecule has 0 aliphatic carbocycles. The van der Waals surface area contributed by atoms with Gasteiger partial charge in [-0.25, -0.2) is 0 Å². The summed E-state index contributed by atoms with van der Waals surface area (Å²) < 4.78 is 4.96. The van der Waals surface area contributed by atoms with Crippen LogP contribution in [-0.2, 0) is 0 Å². The Labute approximate surface area is 115 Å². The Bertz CT molecular complexity index is 561. The molecule has 1 aromatic carbocycles. The molecule has 0 radical (unpaired) electrons. The van der Waals surface area contributed by atoms with Gasteiger partial charge < -0.3 is 9.73 Å². The van der Waals surface area contributed by atoms with Crippen LogP contribution < -0.4 is 5.32 Å². The Kier molecular flexibility index (Phi) is 4.41. The zero-order valence-electron chi connectivity index (χ0n) is 10.4. The summed E-state index contributed by atoms with van der Waals surface area (Å²) in [6.45, 7) is -0.0728. The van der Waals surface area contributed by atoms with E-state index in [0.717, 1.165) is 4.90 Å². The van der Waals surface area contributed by atoms with E-state index in [2.05, 4.69) is 5.32 Å². The number of carbonyl (C=O) groups is 2. The van der Waals surface area contributed by atoms with E-state index in [1.54, 1.807) is 36.0 Å². The van der Waals surface area contributed by atoms with Crippen molar-refractivity contribution < 1.29 is 14.0 Å². The summed E-state index contributed by atoms with van der Waals surface area (Å²) in [5.74, 6) is -0.273. The number of nitrogens with one attached hydrogen (secondary N) is 1. The zero-order chi connectivity index (χ0) is 13.7. The molecule has 1 aromatic heterocycles. The summed E-state index contributed by atoms with van der Waals surface area (Å²) >= 11 is 1.61. The van der Waals surface area contributed by atoms with E-state index < -0.39 is 0 Å². The predicted molar refractivity (Wildman–Crippen MR) is 73.6 cm³/mol. The first-order valence-corrected chi connectivity index (χ1v) is 6.92. The van der Waals surface area contributed by atoms with E-state index in [1.807, 2.05) is 18.4 Å². The number of hydrogen-bond acceptors (Lipinski definition) is 4. The van der Waals surface area contributed by atoms with Gasteiger partial charge in [-0.15, -0.1) is 11.8 Å². The molecule has 0 fully saturated rings. The van der Waals surface area contributed by atoms with Crippen LogP contribution in [0.2, 0.25) is 0 Å².